The van der Waals surface area contributed by atoms with Crippen LogP contribution in [0.1, 0.15) is 54.6 Å². The number of aldehydes is 1. The van der Waals surface area contributed by atoms with Gasteiger partial charge < -0.3 is 15.4 Å². The summed E-state index contributed by atoms with van der Waals surface area (Å²) in [5.41, 5.74) is 0.942. The lowest BCUT2D eigenvalue weighted by Crippen LogP contribution is -2.34. The number of nitrogens with one attached hydrogen (secondary N) is 2. The Balaban J connectivity index is 0.000000271. The van der Waals surface area contributed by atoms with Crippen molar-refractivity contribution in [1.29, 1.82) is 0 Å². The zero-order chi connectivity index (χ0) is 20.4. The third-order valence-electron chi connectivity index (χ3n) is 4.65. The molecule has 1 saturated carbocycles. The first-order valence-electron chi connectivity index (χ1n) is 8.97. The van der Waals surface area contributed by atoms with Gasteiger partial charge >= 0.3 is 6.18 Å². The molecule has 1 aromatic carbocycles. The highest BCUT2D eigenvalue weighted by atomic mass is 19.4. The maximum Gasteiger partial charge on any atom is 0.411 e. The first-order valence-corrected chi connectivity index (χ1v) is 8.97. The average molecular weight is 392 g/mol. The molecule has 0 radical (unpaired) electrons. The van der Waals surface area contributed by atoms with Crippen LogP contribution in [-0.2, 0) is 4.74 Å². The van der Waals surface area contributed by atoms with Crippen LogP contribution in [0.4, 0.5) is 17.6 Å². The van der Waals surface area contributed by atoms with Gasteiger partial charge in [0.15, 0.2) is 6.29 Å². The number of carbonyl (C=O) groups excluding carboxylic acids is 1. The number of halogens is 4. The predicted molar refractivity (Wildman–Crippen MR) is 96.4 cm³/mol. The van der Waals surface area contributed by atoms with Crippen molar-refractivity contribution < 1.29 is 27.1 Å². The summed E-state index contributed by atoms with van der Waals surface area (Å²) < 4.78 is 53.3. The van der Waals surface area contributed by atoms with Gasteiger partial charge in [0.2, 0.25) is 0 Å². The Morgan fingerprint density at radius 2 is 1.85 bits per heavy atom. The number of alkyl halides is 3. The molecule has 1 aliphatic rings. The molecule has 154 valence electrons. The minimum absolute atomic E-state index is 0.0928. The molecule has 1 fully saturated rings. The number of hydrogen-bond acceptors (Lipinski definition) is 4. The third kappa shape index (κ3) is 8.81. The third-order valence-corrected chi connectivity index (χ3v) is 4.65. The van der Waals surface area contributed by atoms with Gasteiger partial charge in [-0.15, -0.1) is 0 Å². The van der Waals surface area contributed by atoms with Gasteiger partial charge in [0.05, 0.1) is 11.7 Å². The predicted octanol–water partition coefficient (Wildman–Crippen LogP) is 4.01. The zero-order valence-corrected chi connectivity index (χ0v) is 15.9. The van der Waals surface area contributed by atoms with Gasteiger partial charge in [-0.3, -0.25) is 4.79 Å². The second-order valence-electron chi connectivity index (χ2n) is 6.60. The van der Waals surface area contributed by atoms with E-state index in [9.17, 15) is 22.4 Å². The molecule has 27 heavy (non-hydrogen) atoms. The Hall–Kier alpha value is -1.51. The van der Waals surface area contributed by atoms with E-state index >= 15 is 0 Å². The fourth-order valence-electron chi connectivity index (χ4n) is 2.81. The molecular formula is C19H28F4N2O2. The Kier molecular flexibility index (Phi) is 9.90. The number of benzene rings is 1. The van der Waals surface area contributed by atoms with Gasteiger partial charge in [-0.2, -0.15) is 13.2 Å². The average Bonchev–Trinajstić information content (AvgIpc) is 2.66. The zero-order valence-electron chi connectivity index (χ0n) is 15.9. The summed E-state index contributed by atoms with van der Waals surface area (Å²) in [6.45, 7) is 0.817. The van der Waals surface area contributed by atoms with Crippen LogP contribution in [0.15, 0.2) is 18.2 Å². The van der Waals surface area contributed by atoms with Crippen molar-refractivity contribution in [2.24, 2.45) is 0 Å². The summed E-state index contributed by atoms with van der Waals surface area (Å²) in [7, 11) is 3.68. The molecule has 2 rings (SSSR count). The van der Waals surface area contributed by atoms with Gasteiger partial charge in [-0.25, -0.2) is 4.39 Å². The molecular weight excluding hydrogens is 364 g/mol. The Morgan fingerprint density at radius 3 is 2.30 bits per heavy atom. The molecule has 1 atom stereocenters. The van der Waals surface area contributed by atoms with Crippen LogP contribution in [0.3, 0.4) is 0 Å². The van der Waals surface area contributed by atoms with E-state index in [-0.39, 0.29) is 17.7 Å². The summed E-state index contributed by atoms with van der Waals surface area (Å²) >= 11 is 0. The van der Waals surface area contributed by atoms with Crippen molar-refractivity contribution in [2.45, 2.75) is 57.0 Å². The molecule has 0 heterocycles. The highest BCUT2D eigenvalue weighted by Gasteiger charge is 2.30. The minimum atomic E-state index is -4.19. The minimum Gasteiger partial charge on any atom is -0.369 e. The highest BCUT2D eigenvalue weighted by Crippen LogP contribution is 2.23. The van der Waals surface area contributed by atoms with E-state index in [4.69, 9.17) is 4.74 Å². The highest BCUT2D eigenvalue weighted by molar-refractivity contribution is 5.75. The Labute approximate surface area is 157 Å². The molecule has 4 nitrogen and oxygen atoms in total. The molecule has 0 spiro atoms. The van der Waals surface area contributed by atoms with Crippen LogP contribution in [0, 0.1) is 5.82 Å². The van der Waals surface area contributed by atoms with Crippen molar-refractivity contribution in [2.75, 3.05) is 20.7 Å². The van der Waals surface area contributed by atoms with E-state index in [1.54, 1.807) is 13.1 Å². The summed E-state index contributed by atoms with van der Waals surface area (Å²) in [5, 5.41) is 6.11. The van der Waals surface area contributed by atoms with E-state index in [0.717, 1.165) is 31.2 Å². The monoisotopic (exact) mass is 392 g/mol. The fraction of sp³-hybridized carbons (Fsp3) is 0.632. The molecule has 8 heteroatoms. The van der Waals surface area contributed by atoms with Gasteiger partial charge in [-0.1, -0.05) is 6.07 Å². The van der Waals surface area contributed by atoms with E-state index < -0.39 is 18.6 Å². The lowest BCUT2D eigenvalue weighted by atomic mass is 9.93. The van der Waals surface area contributed by atoms with E-state index in [2.05, 4.69) is 10.6 Å². The molecule has 0 aliphatic heterocycles. The molecule has 0 amide bonds. The number of carbonyl (C=O) groups is 1. The van der Waals surface area contributed by atoms with E-state index in [0.29, 0.717) is 12.3 Å². The molecule has 0 bridgehead atoms. The topological polar surface area (TPSA) is 50.4 Å². The Bertz CT molecular complexity index is 573. The summed E-state index contributed by atoms with van der Waals surface area (Å²) in [5.74, 6) is -0.463. The van der Waals surface area contributed by atoms with Crippen LogP contribution < -0.4 is 10.6 Å². The molecule has 0 saturated heterocycles. The fourth-order valence-corrected chi connectivity index (χ4v) is 2.81. The van der Waals surface area contributed by atoms with Crippen molar-refractivity contribution >= 4 is 6.29 Å². The van der Waals surface area contributed by atoms with Crippen LogP contribution >= 0.6 is 0 Å². The summed E-state index contributed by atoms with van der Waals surface area (Å²) in [6, 6.07) is 5.15. The van der Waals surface area contributed by atoms with Gasteiger partial charge in [-0.05, 0) is 64.4 Å². The lowest BCUT2D eigenvalue weighted by Gasteiger charge is -2.28. The Morgan fingerprint density at radius 1 is 1.22 bits per heavy atom. The second-order valence-corrected chi connectivity index (χ2v) is 6.60. The van der Waals surface area contributed by atoms with Crippen LogP contribution in [0.2, 0.25) is 0 Å². The van der Waals surface area contributed by atoms with Gasteiger partial charge in [0, 0.05) is 12.1 Å². The lowest BCUT2D eigenvalue weighted by molar-refractivity contribution is -0.188. The SMILES string of the molecule is CNC(C)c1ccc(C=O)c(F)c1.CNC1CCC(OCC(F)(F)F)CC1. The molecule has 0 aromatic heterocycles. The maximum atomic E-state index is 13.1. The quantitative estimate of drug-likeness (QED) is 0.567. The number of ether oxygens (including phenoxy) is 1. The molecule has 2 N–H and O–H groups in total. The van der Waals surface area contributed by atoms with Crippen LogP contribution in [-0.4, -0.2) is 45.3 Å². The molecule has 1 aliphatic carbocycles. The summed E-state index contributed by atoms with van der Waals surface area (Å²) in [4.78, 5) is 10.3. The standard InChI is InChI=1S/C10H12FNO.C9H16F3NO/c1-7(12-2)8-3-4-9(6-13)10(11)5-8;1-13-7-2-4-8(5-3-7)14-6-9(10,11)12/h3-7,12H,1-2H3;7-8,13H,2-6H2,1H3. The number of hydrogen-bond donors (Lipinski definition) is 2. The summed E-state index contributed by atoms with van der Waals surface area (Å²) in [6.07, 6.45) is -0.634. The van der Waals surface area contributed by atoms with Crippen LogP contribution in [0.25, 0.3) is 0 Å². The van der Waals surface area contributed by atoms with Gasteiger partial charge in [0.25, 0.3) is 0 Å². The second kappa shape index (κ2) is 11.4. The maximum absolute atomic E-state index is 13.1. The largest absolute Gasteiger partial charge is 0.411 e. The first kappa shape index (κ1) is 23.5. The van der Waals surface area contributed by atoms with Crippen molar-refractivity contribution in [3.63, 3.8) is 0 Å². The van der Waals surface area contributed by atoms with E-state index in [1.165, 1.54) is 12.1 Å². The molecule has 1 unspecified atom stereocenters. The van der Waals surface area contributed by atoms with Crippen molar-refractivity contribution in [1.82, 2.24) is 10.6 Å². The smallest absolute Gasteiger partial charge is 0.369 e. The normalized spacial score (nSPS) is 21.1. The van der Waals surface area contributed by atoms with Crippen LogP contribution in [0.5, 0.6) is 0 Å². The first-order chi connectivity index (χ1) is 12.7. The molecule has 1 aromatic rings. The van der Waals surface area contributed by atoms with Gasteiger partial charge in [0.1, 0.15) is 12.4 Å². The van der Waals surface area contributed by atoms with Crippen molar-refractivity contribution in [3.8, 4) is 0 Å². The number of rotatable bonds is 6. The van der Waals surface area contributed by atoms with Crippen molar-refractivity contribution in [3.05, 3.63) is 35.1 Å². The van der Waals surface area contributed by atoms with E-state index in [1.807, 2.05) is 14.0 Å².